The molecule has 5 aliphatic rings. The first-order valence-electron chi connectivity index (χ1n) is 24.5. The topological polar surface area (TPSA) is 136 Å². The van der Waals surface area contributed by atoms with Gasteiger partial charge >= 0.3 is 5.97 Å². The van der Waals surface area contributed by atoms with Crippen LogP contribution in [0.25, 0.3) is 33.3 Å². The van der Waals surface area contributed by atoms with Crippen LogP contribution in [0, 0.1) is 29.1 Å². The van der Waals surface area contributed by atoms with E-state index in [0.717, 1.165) is 76.2 Å². The summed E-state index contributed by atoms with van der Waals surface area (Å²) in [5.41, 5.74) is 10.6. The summed E-state index contributed by atoms with van der Waals surface area (Å²) in [7, 11) is 1.73. The summed E-state index contributed by atoms with van der Waals surface area (Å²) in [6.07, 6.45) is 5.08. The molecule has 13 heteroatoms. The summed E-state index contributed by atoms with van der Waals surface area (Å²) in [6.45, 7) is 18.6. The minimum atomic E-state index is -0.765. The molecule has 2 aromatic heterocycles. The number of cyclic esters (lactones) is 1. The van der Waals surface area contributed by atoms with Gasteiger partial charge < -0.3 is 23.7 Å². The summed E-state index contributed by atoms with van der Waals surface area (Å²) in [6, 6.07) is 18.1. The number of hydrogen-bond acceptors (Lipinski definition) is 10. The molecule has 2 amide bonds. The second kappa shape index (κ2) is 19.0. The van der Waals surface area contributed by atoms with Gasteiger partial charge in [-0.3, -0.25) is 34.1 Å². The Morgan fingerprint density at radius 2 is 1.81 bits per heavy atom. The maximum Gasteiger partial charge on any atom is 0.324 e. The molecular weight excluding hydrogens is 857 g/mol. The van der Waals surface area contributed by atoms with Crippen LogP contribution in [0.1, 0.15) is 96.6 Å². The molecule has 1 aliphatic carbocycles. The summed E-state index contributed by atoms with van der Waals surface area (Å²) >= 11 is 0. The zero-order valence-corrected chi connectivity index (χ0v) is 40.9. The van der Waals surface area contributed by atoms with Crippen LogP contribution < -0.4 is 5.43 Å². The Kier molecular flexibility index (Phi) is 13.3. The summed E-state index contributed by atoms with van der Waals surface area (Å²) < 4.78 is 21.3. The van der Waals surface area contributed by atoms with Crippen molar-refractivity contribution in [3.8, 4) is 34.2 Å². The molecule has 9 rings (SSSR count). The lowest BCUT2D eigenvalue weighted by Crippen LogP contribution is -2.56. The van der Waals surface area contributed by atoms with E-state index in [9.17, 15) is 19.2 Å². The van der Waals surface area contributed by atoms with Crippen LogP contribution >= 0.6 is 0 Å². The predicted octanol–water partition coefficient (Wildman–Crippen LogP) is 7.28. The van der Waals surface area contributed by atoms with Crippen LogP contribution in [0.15, 0.2) is 72.4 Å². The third-order valence-electron chi connectivity index (χ3n) is 15.0. The number of benzene rings is 2. The van der Waals surface area contributed by atoms with Crippen molar-refractivity contribution in [2.24, 2.45) is 17.3 Å². The highest BCUT2D eigenvalue weighted by Crippen LogP contribution is 2.57. The quantitative estimate of drug-likeness (QED) is 0.104. The molecule has 4 aromatic rings. The van der Waals surface area contributed by atoms with E-state index in [2.05, 4.69) is 83.9 Å². The van der Waals surface area contributed by atoms with Crippen molar-refractivity contribution in [1.29, 1.82) is 0 Å². The highest BCUT2D eigenvalue weighted by Gasteiger charge is 2.47. The highest BCUT2D eigenvalue weighted by molar-refractivity contribution is 6.03. The number of allylic oxidation sites excluding steroid dienone is 1. The number of likely N-dealkylation sites (tertiary alicyclic amines) is 2. The molecule has 2 unspecified atom stereocenters. The van der Waals surface area contributed by atoms with Crippen molar-refractivity contribution in [3.63, 3.8) is 0 Å². The summed E-state index contributed by atoms with van der Waals surface area (Å²) in [5.74, 6) is 3.90. The number of ketones is 1. The van der Waals surface area contributed by atoms with Crippen LogP contribution in [-0.4, -0.2) is 119 Å². The van der Waals surface area contributed by atoms with Gasteiger partial charge in [-0.2, -0.15) is 0 Å². The van der Waals surface area contributed by atoms with Crippen LogP contribution in [-0.2, 0) is 46.4 Å². The summed E-state index contributed by atoms with van der Waals surface area (Å²) in [4.78, 5) is 65.0. The number of pyridine rings is 1. The molecule has 3 fully saturated rings. The number of nitrogens with zero attached hydrogens (tertiary/aromatic N) is 5. The molecule has 0 radical (unpaired) electrons. The van der Waals surface area contributed by atoms with E-state index in [1.165, 1.54) is 11.1 Å². The minimum absolute atomic E-state index is 0.0901. The van der Waals surface area contributed by atoms with Gasteiger partial charge in [0.05, 0.1) is 36.2 Å². The summed E-state index contributed by atoms with van der Waals surface area (Å²) in [5, 5.41) is 2.57. The number of aryl methyl sites for hydroxylation is 1. The van der Waals surface area contributed by atoms with Crippen molar-refractivity contribution in [2.75, 3.05) is 53.0 Å². The molecule has 1 N–H and O–H groups in total. The Morgan fingerprint density at radius 3 is 2.53 bits per heavy atom. The highest BCUT2D eigenvalue weighted by atomic mass is 16.5. The molecule has 4 aliphatic heterocycles. The van der Waals surface area contributed by atoms with Crippen molar-refractivity contribution >= 4 is 34.5 Å². The van der Waals surface area contributed by atoms with Crippen LogP contribution in [0.3, 0.4) is 0 Å². The number of amides is 2. The number of esters is 1. The fourth-order valence-corrected chi connectivity index (χ4v) is 10.8. The molecular formula is C55H66N6O7. The van der Waals surface area contributed by atoms with Crippen LogP contribution in [0.4, 0.5) is 0 Å². The van der Waals surface area contributed by atoms with Gasteiger partial charge in [0.1, 0.15) is 12.1 Å². The number of fused-ring (bicyclic) bond motifs is 8. The van der Waals surface area contributed by atoms with Gasteiger partial charge in [-0.15, -0.1) is 0 Å². The predicted molar refractivity (Wildman–Crippen MR) is 261 cm³/mol. The second-order valence-corrected chi connectivity index (χ2v) is 20.8. The maximum atomic E-state index is 14.7. The molecule has 6 bridgehead atoms. The lowest BCUT2D eigenvalue weighted by Gasteiger charge is -2.42. The van der Waals surface area contributed by atoms with Crippen molar-refractivity contribution in [2.45, 2.75) is 110 Å². The molecule has 68 heavy (non-hydrogen) atoms. The van der Waals surface area contributed by atoms with Crippen LogP contribution in [0.2, 0.25) is 0 Å². The van der Waals surface area contributed by atoms with E-state index >= 15 is 0 Å². The van der Waals surface area contributed by atoms with Gasteiger partial charge in [0.15, 0.2) is 5.78 Å². The van der Waals surface area contributed by atoms with Gasteiger partial charge in [-0.25, -0.2) is 5.43 Å². The fourth-order valence-electron chi connectivity index (χ4n) is 10.8. The van der Waals surface area contributed by atoms with Crippen molar-refractivity contribution in [3.05, 3.63) is 89.3 Å². The zero-order valence-electron chi connectivity index (χ0n) is 40.9. The fraction of sp³-hybridized carbons (Fsp3) is 0.509. The zero-order chi connectivity index (χ0) is 48.1. The Bertz CT molecular complexity index is 2710. The molecule has 0 spiro atoms. The third kappa shape index (κ3) is 9.04. The third-order valence-corrected chi connectivity index (χ3v) is 15.0. The van der Waals surface area contributed by atoms with E-state index < -0.39 is 29.4 Å². The number of hydrogen-bond donors (Lipinski definition) is 1. The Labute approximate surface area is 400 Å². The number of ether oxygens (including phenoxy) is 3. The van der Waals surface area contributed by atoms with Gasteiger partial charge in [0.25, 0.3) is 11.8 Å². The number of aromatic nitrogens is 2. The number of rotatable bonds is 9. The Balaban J connectivity index is 1.03. The minimum Gasteiger partial charge on any atom is -0.464 e. The average molecular weight is 923 g/mol. The first kappa shape index (κ1) is 47.4. The van der Waals surface area contributed by atoms with Gasteiger partial charge in [-0.1, -0.05) is 63.9 Å². The van der Waals surface area contributed by atoms with Gasteiger partial charge in [0, 0.05) is 98.3 Å². The number of carbonyl (C=O) groups excluding carboxylic acids is 4. The van der Waals surface area contributed by atoms with Gasteiger partial charge in [0.2, 0.25) is 0 Å². The number of hydrazine groups is 1. The monoisotopic (exact) mass is 922 g/mol. The van der Waals surface area contributed by atoms with Gasteiger partial charge in [-0.05, 0) is 104 Å². The smallest absolute Gasteiger partial charge is 0.324 e. The second-order valence-electron chi connectivity index (χ2n) is 20.8. The molecule has 6 heterocycles. The Hall–Kier alpha value is -5.65. The molecule has 0 saturated carbocycles. The van der Waals surface area contributed by atoms with E-state index in [-0.39, 0.29) is 60.7 Å². The molecule has 13 nitrogen and oxygen atoms in total. The van der Waals surface area contributed by atoms with Crippen LogP contribution in [0.5, 0.6) is 0 Å². The average Bonchev–Trinajstić information content (AvgIpc) is 3.62. The van der Waals surface area contributed by atoms with E-state index in [0.29, 0.717) is 38.0 Å². The SMILES string of the molecule is CCn1c2c3c4cc(ccc41)-c1cccc(c1)C/C(=C/C(=O)C(COC1CN(C(=O)C#CC(C)(C)N4CCC4)C1)C(C)C)C(=O)N1CCC[C@H](N1)C(=O)OCC(C)(C)C3[C@H](OC)c1ncccc1-2. The van der Waals surface area contributed by atoms with E-state index in [1.54, 1.807) is 12.0 Å². The number of methoxy groups -OCH3 is 1. The first-order chi connectivity index (χ1) is 32.6. The lowest BCUT2D eigenvalue weighted by atomic mass is 9.67. The first-order valence-corrected chi connectivity index (χ1v) is 24.5. The molecule has 2 aromatic carbocycles. The standard InChI is InChI=1S/C55H66N6O7/c1-9-60-44-19-18-37-28-41(44)47-48(51(66-8)49-40(50(47)60)16-11-22-56-49)54(4,5)33-68-53(65)43-17-12-25-61(57-43)52(64)38(27-35-14-10-15-36(37)26-35)29-45(62)42(34(2)3)32-67-39-30-58(31-39)46(63)20-21-55(6,7)59-23-13-24-59/h10-11,14-16,18-19,22,26,28-29,34,39,42-43,48,51,57H,9,12-13,17,23-25,27,30-33H2,1-8H3/b38-29-/t42?,43-,48?,51-/m0/s1. The largest absolute Gasteiger partial charge is 0.464 e. The number of nitrogens with one attached hydrogen (secondary N) is 1. The van der Waals surface area contributed by atoms with Crippen molar-refractivity contribution in [1.82, 2.24) is 29.8 Å². The lowest BCUT2D eigenvalue weighted by molar-refractivity contribution is -0.155. The maximum absolute atomic E-state index is 14.7. The van der Waals surface area contributed by atoms with E-state index in [4.69, 9.17) is 19.2 Å². The van der Waals surface area contributed by atoms with Crippen molar-refractivity contribution < 1.29 is 33.4 Å². The Morgan fingerprint density at radius 1 is 1.03 bits per heavy atom. The molecule has 4 atom stereocenters. The van der Waals surface area contributed by atoms with E-state index in [1.807, 2.05) is 52.1 Å². The molecule has 358 valence electrons. The molecule has 3 saturated heterocycles. The normalized spacial score (nSPS) is 23.0. The number of carbonyl (C=O) groups is 4.